The fourth-order valence-electron chi connectivity index (χ4n) is 2.40. The quantitative estimate of drug-likeness (QED) is 0.415. The van der Waals surface area contributed by atoms with Gasteiger partial charge in [-0.25, -0.2) is 4.79 Å². The van der Waals surface area contributed by atoms with Crippen molar-refractivity contribution in [3.63, 3.8) is 0 Å². The summed E-state index contributed by atoms with van der Waals surface area (Å²) in [6, 6.07) is 6.26. The third-order valence-electron chi connectivity index (χ3n) is 3.73. The standard InChI is InChI=1S/C19H26N2O7/c1-12(2)10-15(19(26)27)21-18(25)14(8-9-17(23)24)20-16(22)11-28-13-6-4-3-5-7-13/h3-7,12,14-15H,8-11H2,1-2H3,(H,20,22)(H,21,25)(H,23,24)(H,26,27). The Bertz CT molecular complexity index is 676. The van der Waals surface area contributed by atoms with Gasteiger partial charge in [-0.2, -0.15) is 0 Å². The number of ether oxygens (including phenoxy) is 1. The third-order valence-corrected chi connectivity index (χ3v) is 3.73. The number of benzene rings is 1. The first-order valence-electron chi connectivity index (χ1n) is 8.91. The molecule has 0 heterocycles. The minimum Gasteiger partial charge on any atom is -0.484 e. The van der Waals surface area contributed by atoms with E-state index in [0.717, 1.165) is 0 Å². The van der Waals surface area contributed by atoms with Crippen LogP contribution >= 0.6 is 0 Å². The molecule has 2 amide bonds. The fourth-order valence-corrected chi connectivity index (χ4v) is 2.40. The zero-order chi connectivity index (χ0) is 21.1. The molecule has 0 aromatic heterocycles. The summed E-state index contributed by atoms with van der Waals surface area (Å²) in [7, 11) is 0. The minimum atomic E-state index is -1.20. The van der Waals surface area contributed by atoms with Gasteiger partial charge in [0.2, 0.25) is 5.91 Å². The average Bonchev–Trinajstić information content (AvgIpc) is 2.63. The lowest BCUT2D eigenvalue weighted by atomic mass is 10.0. The number of hydrogen-bond acceptors (Lipinski definition) is 5. The van der Waals surface area contributed by atoms with E-state index in [1.165, 1.54) is 0 Å². The molecule has 1 aromatic carbocycles. The Hall–Kier alpha value is -3.10. The topological polar surface area (TPSA) is 142 Å². The summed E-state index contributed by atoms with van der Waals surface area (Å²) in [5.41, 5.74) is 0. The van der Waals surface area contributed by atoms with Crippen LogP contribution in [0.1, 0.15) is 33.1 Å². The lowest BCUT2D eigenvalue weighted by Gasteiger charge is -2.22. The van der Waals surface area contributed by atoms with E-state index in [1.54, 1.807) is 30.3 Å². The van der Waals surface area contributed by atoms with Gasteiger partial charge < -0.3 is 25.6 Å². The molecule has 1 aromatic rings. The van der Waals surface area contributed by atoms with Crippen LogP contribution in [0.4, 0.5) is 0 Å². The van der Waals surface area contributed by atoms with Crippen molar-refractivity contribution in [3.8, 4) is 5.75 Å². The molecule has 0 spiro atoms. The molecule has 0 aliphatic heterocycles. The number of amides is 2. The smallest absolute Gasteiger partial charge is 0.326 e. The molecule has 0 fully saturated rings. The molecule has 9 heteroatoms. The average molecular weight is 394 g/mol. The molecule has 0 radical (unpaired) electrons. The lowest BCUT2D eigenvalue weighted by Crippen LogP contribution is -2.52. The first kappa shape index (κ1) is 22.9. The van der Waals surface area contributed by atoms with E-state index in [4.69, 9.17) is 9.84 Å². The maximum absolute atomic E-state index is 12.4. The van der Waals surface area contributed by atoms with E-state index in [9.17, 15) is 24.3 Å². The SMILES string of the molecule is CC(C)CC(NC(=O)C(CCC(=O)O)NC(=O)COc1ccccc1)C(=O)O. The van der Waals surface area contributed by atoms with Crippen LogP contribution < -0.4 is 15.4 Å². The molecule has 28 heavy (non-hydrogen) atoms. The Balaban J connectivity index is 2.71. The van der Waals surface area contributed by atoms with Crippen LogP contribution in [0, 0.1) is 5.92 Å². The Kier molecular flexibility index (Phi) is 9.49. The predicted octanol–water partition coefficient (Wildman–Crippen LogP) is 1.03. The number of carboxylic acids is 2. The summed E-state index contributed by atoms with van der Waals surface area (Å²) in [5.74, 6) is -3.21. The van der Waals surface area contributed by atoms with Crippen molar-refractivity contribution in [3.05, 3.63) is 30.3 Å². The maximum atomic E-state index is 12.4. The van der Waals surface area contributed by atoms with Crippen LogP contribution in [0.5, 0.6) is 5.75 Å². The molecule has 0 aliphatic carbocycles. The number of carbonyl (C=O) groups excluding carboxylic acids is 2. The second-order valence-corrected chi connectivity index (χ2v) is 6.68. The molecule has 1 rings (SSSR count). The Labute approximate surface area is 163 Å². The van der Waals surface area contributed by atoms with Crippen molar-refractivity contribution in [1.29, 1.82) is 0 Å². The van der Waals surface area contributed by atoms with E-state index in [1.807, 2.05) is 13.8 Å². The van der Waals surface area contributed by atoms with E-state index in [0.29, 0.717) is 5.75 Å². The molecule has 0 saturated heterocycles. The van der Waals surface area contributed by atoms with Gasteiger partial charge in [-0.3, -0.25) is 14.4 Å². The van der Waals surface area contributed by atoms with Crippen molar-refractivity contribution in [2.45, 2.75) is 45.2 Å². The van der Waals surface area contributed by atoms with Crippen LogP contribution in [0.15, 0.2) is 30.3 Å². The Morgan fingerprint density at radius 3 is 2.18 bits per heavy atom. The number of aliphatic carboxylic acids is 2. The van der Waals surface area contributed by atoms with Crippen molar-refractivity contribution in [2.75, 3.05) is 6.61 Å². The van der Waals surface area contributed by atoms with E-state index < -0.39 is 35.8 Å². The summed E-state index contributed by atoms with van der Waals surface area (Å²) in [6.45, 7) is 3.26. The monoisotopic (exact) mass is 394 g/mol. The summed E-state index contributed by atoms with van der Waals surface area (Å²) in [6.07, 6.45) is -0.329. The zero-order valence-electron chi connectivity index (χ0n) is 15.9. The summed E-state index contributed by atoms with van der Waals surface area (Å²) in [4.78, 5) is 46.7. The number of hydrogen-bond donors (Lipinski definition) is 4. The van der Waals surface area contributed by atoms with Crippen LogP contribution in [-0.2, 0) is 19.2 Å². The Morgan fingerprint density at radius 1 is 1.00 bits per heavy atom. The number of rotatable bonds is 12. The minimum absolute atomic E-state index is 0.0210. The molecular weight excluding hydrogens is 368 g/mol. The molecule has 2 unspecified atom stereocenters. The van der Waals surface area contributed by atoms with Crippen molar-refractivity contribution in [1.82, 2.24) is 10.6 Å². The molecular formula is C19H26N2O7. The highest BCUT2D eigenvalue weighted by atomic mass is 16.5. The molecule has 4 N–H and O–H groups in total. The van der Waals surface area contributed by atoms with Gasteiger partial charge in [-0.15, -0.1) is 0 Å². The van der Waals surface area contributed by atoms with Crippen LogP contribution in [0.3, 0.4) is 0 Å². The number of carboxylic acid groups (broad SMARTS) is 2. The first-order valence-corrected chi connectivity index (χ1v) is 8.91. The second-order valence-electron chi connectivity index (χ2n) is 6.68. The number of carbonyl (C=O) groups is 4. The Morgan fingerprint density at radius 2 is 1.64 bits per heavy atom. The summed E-state index contributed by atoms with van der Waals surface area (Å²) >= 11 is 0. The van der Waals surface area contributed by atoms with Crippen molar-refractivity contribution in [2.24, 2.45) is 5.92 Å². The summed E-state index contributed by atoms with van der Waals surface area (Å²) in [5, 5.41) is 22.9. The highest BCUT2D eigenvalue weighted by molar-refractivity contribution is 5.91. The van der Waals surface area contributed by atoms with Gasteiger partial charge in [0, 0.05) is 6.42 Å². The van der Waals surface area contributed by atoms with E-state index in [2.05, 4.69) is 10.6 Å². The highest BCUT2D eigenvalue weighted by Crippen LogP contribution is 2.09. The van der Waals surface area contributed by atoms with Gasteiger partial charge in [-0.05, 0) is 30.9 Å². The molecule has 0 saturated carbocycles. The van der Waals surface area contributed by atoms with Gasteiger partial charge >= 0.3 is 11.9 Å². The van der Waals surface area contributed by atoms with Crippen molar-refractivity contribution < 1.29 is 34.1 Å². The van der Waals surface area contributed by atoms with Gasteiger partial charge in [-0.1, -0.05) is 32.0 Å². The molecule has 0 aliphatic rings. The van der Waals surface area contributed by atoms with Gasteiger partial charge in [0.05, 0.1) is 0 Å². The molecule has 9 nitrogen and oxygen atoms in total. The van der Waals surface area contributed by atoms with E-state index in [-0.39, 0.29) is 31.8 Å². The third kappa shape index (κ3) is 9.02. The predicted molar refractivity (Wildman–Crippen MR) is 99.8 cm³/mol. The van der Waals surface area contributed by atoms with Gasteiger partial charge in [0.15, 0.2) is 6.61 Å². The lowest BCUT2D eigenvalue weighted by molar-refractivity contribution is -0.143. The second kappa shape index (κ2) is 11.6. The van der Waals surface area contributed by atoms with Crippen LogP contribution in [0.25, 0.3) is 0 Å². The number of nitrogens with one attached hydrogen (secondary N) is 2. The van der Waals surface area contributed by atoms with Crippen LogP contribution in [-0.4, -0.2) is 52.7 Å². The summed E-state index contributed by atoms with van der Waals surface area (Å²) < 4.78 is 5.29. The fraction of sp³-hybridized carbons (Fsp3) is 0.474. The molecule has 0 bridgehead atoms. The first-order chi connectivity index (χ1) is 13.2. The van der Waals surface area contributed by atoms with Crippen LogP contribution in [0.2, 0.25) is 0 Å². The van der Waals surface area contributed by atoms with Gasteiger partial charge in [0.1, 0.15) is 17.8 Å². The maximum Gasteiger partial charge on any atom is 0.326 e. The van der Waals surface area contributed by atoms with Gasteiger partial charge in [0.25, 0.3) is 5.91 Å². The largest absolute Gasteiger partial charge is 0.484 e. The van der Waals surface area contributed by atoms with Crippen molar-refractivity contribution >= 4 is 23.8 Å². The normalized spacial score (nSPS) is 12.7. The number of para-hydroxylation sites is 1. The zero-order valence-corrected chi connectivity index (χ0v) is 15.9. The highest BCUT2D eigenvalue weighted by Gasteiger charge is 2.27. The molecule has 154 valence electrons. The van der Waals surface area contributed by atoms with E-state index >= 15 is 0 Å². The molecule has 2 atom stereocenters.